The van der Waals surface area contributed by atoms with E-state index in [0.29, 0.717) is 12.8 Å². The fourth-order valence-electron chi connectivity index (χ4n) is 6.88. The number of rotatable bonds is 36. The van der Waals surface area contributed by atoms with Gasteiger partial charge < -0.3 is 33.1 Å². The van der Waals surface area contributed by atoms with Gasteiger partial charge in [0, 0.05) is 25.9 Å². The third kappa shape index (κ3) is 21.3. The van der Waals surface area contributed by atoms with Crippen LogP contribution in [0.5, 0.6) is 0 Å². The number of unbranched alkanes of at least 4 members (excludes halogenated alkanes) is 16. The Bertz CT molecular complexity index is 1070. The van der Waals surface area contributed by atoms with Crippen LogP contribution in [0.4, 0.5) is 0 Å². The maximum Gasteiger partial charge on any atom is 0.332 e. The van der Waals surface area contributed by atoms with Crippen molar-refractivity contribution in [1.82, 2.24) is 10.1 Å². The molecule has 2 atom stereocenters. The molecule has 328 valence electrons. The number of aliphatic imine (C=N–C) groups is 2. The van der Waals surface area contributed by atoms with Crippen LogP contribution in [0.15, 0.2) is 9.98 Å². The molecule has 0 radical (unpaired) electrons. The number of hydrogen-bond donors (Lipinski definition) is 6. The number of guanidine groups is 2. The van der Waals surface area contributed by atoms with Crippen molar-refractivity contribution in [2.45, 2.75) is 206 Å². The average Bonchev–Trinajstić information content (AvgIpc) is 3.14. The Morgan fingerprint density at radius 1 is 0.500 bits per heavy atom. The number of aliphatic carboxylic acids is 2. The van der Waals surface area contributed by atoms with Gasteiger partial charge in [0.1, 0.15) is 0 Å². The molecule has 0 aromatic rings. The molecule has 0 fully saturated rings. The summed E-state index contributed by atoms with van der Waals surface area (Å²) in [6, 6.07) is 0. The van der Waals surface area contributed by atoms with E-state index < -0.39 is 34.8 Å². The van der Waals surface area contributed by atoms with Gasteiger partial charge >= 0.3 is 11.9 Å². The fourth-order valence-corrected chi connectivity index (χ4v) is 6.88. The summed E-state index contributed by atoms with van der Waals surface area (Å²) in [5.74, 6) is -4.31. The summed E-state index contributed by atoms with van der Waals surface area (Å²) in [4.78, 5) is 69.3. The van der Waals surface area contributed by atoms with E-state index in [1.807, 2.05) is 0 Å². The second-order valence-electron chi connectivity index (χ2n) is 14.8. The maximum atomic E-state index is 14.2. The lowest BCUT2D eigenvalue weighted by atomic mass is 9.88. The summed E-state index contributed by atoms with van der Waals surface area (Å²) in [6.45, 7) is 7.78. The third-order valence-corrected chi connectivity index (χ3v) is 10.4. The minimum atomic E-state index is -1.96. The van der Waals surface area contributed by atoms with Crippen LogP contribution in [-0.4, -0.2) is 80.2 Å². The zero-order valence-electron chi connectivity index (χ0n) is 35.2. The molecule has 0 heterocycles. The Morgan fingerprint density at radius 3 is 1.04 bits per heavy atom. The highest BCUT2D eigenvalue weighted by molar-refractivity contribution is 5.88. The number of amides is 2. The van der Waals surface area contributed by atoms with Crippen molar-refractivity contribution in [2.75, 3.05) is 13.1 Å². The average molecular weight is 820 g/mol. The van der Waals surface area contributed by atoms with Gasteiger partial charge in [-0.05, 0) is 51.4 Å². The largest absolute Gasteiger partial charge is 0.479 e. The number of halogens is 1. The molecule has 0 aromatic heterocycles. The number of carbonyl (C=O) groups excluding carboxylic acids is 2. The quantitative estimate of drug-likeness (QED) is 0.0158. The Hall–Kier alpha value is -3.33. The summed E-state index contributed by atoms with van der Waals surface area (Å²) >= 11 is 0. The lowest BCUT2D eigenvalue weighted by Crippen LogP contribution is -2.64. The van der Waals surface area contributed by atoms with Crippen molar-refractivity contribution < 1.29 is 34.3 Å². The number of carboxylic acids is 2. The number of carboxylic acid groups (broad SMARTS) is 2. The Kier molecular flexibility index (Phi) is 32.0. The monoisotopic (exact) mass is 819 g/mol. The smallest absolute Gasteiger partial charge is 0.332 e. The molecule has 0 rings (SSSR count). The standard InChI is InChI=1S/C40H78N8O7.ClH/c1-5-9-11-13-15-17-19-21-23-27-33(49)47(39(7-3,35(51)52)29-25-31-45-37(41)42)55-48(34(50)28-24-22-20-18-16-14-12-10-6-2)40(8-4,36(53)54)30-26-32-46-38(43)44;/h5-32H2,1-4H3,(H,51,52)(H,53,54)(H4,41,42,45)(H4,43,44,46);1H/t39-,40-;/m0./s1. The van der Waals surface area contributed by atoms with Crippen LogP contribution >= 0.6 is 12.4 Å². The van der Waals surface area contributed by atoms with Crippen molar-refractivity contribution in [3.63, 3.8) is 0 Å². The SMILES string of the molecule is CCCCCCCCCCCC(=O)N(ON(C(=O)CCCCCCCCCCC)[C@@](CC)(CCCN=C(N)N)C(=O)O)[C@@](CC)(CCCN=C(N)N)C(=O)O.Cl. The summed E-state index contributed by atoms with van der Waals surface area (Å²) in [5, 5.41) is 23.1. The van der Waals surface area contributed by atoms with E-state index >= 15 is 0 Å². The van der Waals surface area contributed by atoms with Crippen LogP contribution in [0.3, 0.4) is 0 Å². The van der Waals surface area contributed by atoms with Gasteiger partial charge in [-0.15, -0.1) is 17.3 Å². The first-order valence-electron chi connectivity index (χ1n) is 21.2. The van der Waals surface area contributed by atoms with Crippen LogP contribution in [0.25, 0.3) is 0 Å². The van der Waals surface area contributed by atoms with E-state index in [1.165, 1.54) is 51.4 Å². The molecule has 0 aromatic carbocycles. The summed E-state index contributed by atoms with van der Waals surface area (Å²) in [5.41, 5.74) is 18.1. The van der Waals surface area contributed by atoms with Gasteiger partial charge in [0.2, 0.25) is 11.8 Å². The van der Waals surface area contributed by atoms with Crippen molar-refractivity contribution >= 4 is 48.1 Å². The maximum absolute atomic E-state index is 14.2. The van der Waals surface area contributed by atoms with Crippen molar-refractivity contribution in [1.29, 1.82) is 0 Å². The highest BCUT2D eigenvalue weighted by Crippen LogP contribution is 2.34. The third-order valence-electron chi connectivity index (χ3n) is 10.4. The highest BCUT2D eigenvalue weighted by Gasteiger charge is 2.52. The topological polar surface area (TPSA) is 253 Å². The highest BCUT2D eigenvalue weighted by atomic mass is 35.5. The van der Waals surface area contributed by atoms with E-state index in [9.17, 15) is 29.4 Å². The predicted molar refractivity (Wildman–Crippen MR) is 227 cm³/mol. The first kappa shape index (κ1) is 54.8. The lowest BCUT2D eigenvalue weighted by Gasteiger charge is -2.45. The number of carbonyl (C=O) groups is 4. The molecular formula is C40H79ClN8O7. The van der Waals surface area contributed by atoms with Gasteiger partial charge in [-0.2, -0.15) is 10.1 Å². The number of nitrogens with two attached hydrogens (primary N) is 4. The molecule has 0 spiro atoms. The predicted octanol–water partition coefficient (Wildman–Crippen LogP) is 7.33. The zero-order valence-corrected chi connectivity index (χ0v) is 36.1. The first-order valence-corrected chi connectivity index (χ1v) is 21.2. The van der Waals surface area contributed by atoms with Crippen LogP contribution in [0.1, 0.15) is 195 Å². The molecule has 56 heavy (non-hydrogen) atoms. The number of hydrogen-bond acceptors (Lipinski definition) is 7. The van der Waals surface area contributed by atoms with Gasteiger partial charge in [0.25, 0.3) is 0 Å². The normalized spacial score (nSPS) is 13.1. The molecule has 0 unspecified atom stereocenters. The molecule has 2 amide bonds. The molecule has 0 aliphatic carbocycles. The van der Waals surface area contributed by atoms with Gasteiger partial charge in [-0.1, -0.05) is 130 Å². The fraction of sp³-hybridized carbons (Fsp3) is 0.850. The van der Waals surface area contributed by atoms with Crippen LogP contribution in [0.2, 0.25) is 0 Å². The van der Waals surface area contributed by atoms with Crippen LogP contribution in [0, 0.1) is 0 Å². The number of hydroxylamine groups is 4. The Labute approximate surface area is 343 Å². The number of nitrogens with zero attached hydrogens (tertiary/aromatic N) is 4. The minimum absolute atomic E-state index is 0. The lowest BCUT2D eigenvalue weighted by molar-refractivity contribution is -0.350. The van der Waals surface area contributed by atoms with Gasteiger partial charge in [0.05, 0.1) is 0 Å². The first-order chi connectivity index (χ1) is 26.3. The second kappa shape index (κ2) is 32.7. The van der Waals surface area contributed by atoms with E-state index in [1.54, 1.807) is 13.8 Å². The summed E-state index contributed by atoms with van der Waals surface area (Å²) in [7, 11) is 0. The summed E-state index contributed by atoms with van der Waals surface area (Å²) in [6.07, 6.45) is 18.0. The van der Waals surface area contributed by atoms with Gasteiger partial charge in [0.15, 0.2) is 23.0 Å². The molecule has 0 bridgehead atoms. The molecule has 0 aliphatic heterocycles. The van der Waals surface area contributed by atoms with Gasteiger partial charge in [-0.25, -0.2) is 9.59 Å². The van der Waals surface area contributed by atoms with E-state index in [2.05, 4.69) is 23.8 Å². The minimum Gasteiger partial charge on any atom is -0.479 e. The second-order valence-corrected chi connectivity index (χ2v) is 14.8. The molecule has 0 saturated carbocycles. The van der Waals surface area contributed by atoms with E-state index in [4.69, 9.17) is 27.9 Å². The van der Waals surface area contributed by atoms with E-state index in [0.717, 1.165) is 61.5 Å². The Balaban J connectivity index is 0. The van der Waals surface area contributed by atoms with Gasteiger partial charge in [-0.3, -0.25) is 19.6 Å². The zero-order chi connectivity index (χ0) is 41.5. The molecule has 0 saturated heterocycles. The van der Waals surface area contributed by atoms with Crippen LogP contribution in [-0.2, 0) is 24.1 Å². The van der Waals surface area contributed by atoms with Crippen molar-refractivity contribution in [2.24, 2.45) is 32.9 Å². The molecular weight excluding hydrogens is 740 g/mol. The molecule has 10 N–H and O–H groups in total. The molecule has 15 nitrogen and oxygen atoms in total. The van der Waals surface area contributed by atoms with Crippen molar-refractivity contribution in [3.8, 4) is 0 Å². The molecule has 0 aliphatic rings. The van der Waals surface area contributed by atoms with Crippen LogP contribution < -0.4 is 22.9 Å². The molecule has 16 heteroatoms. The van der Waals surface area contributed by atoms with Crippen molar-refractivity contribution in [3.05, 3.63) is 0 Å². The Morgan fingerprint density at radius 2 is 0.786 bits per heavy atom. The van der Waals surface area contributed by atoms with E-state index in [-0.39, 0.29) is 88.8 Å². The summed E-state index contributed by atoms with van der Waals surface area (Å²) < 4.78 is 0.